The summed E-state index contributed by atoms with van der Waals surface area (Å²) in [4.78, 5) is 29.2. The molecule has 1 aliphatic heterocycles. The molecule has 0 unspecified atom stereocenters. The van der Waals surface area contributed by atoms with E-state index in [1.165, 1.54) is 6.92 Å². The van der Waals surface area contributed by atoms with Crippen molar-refractivity contribution < 1.29 is 14.3 Å². The molecule has 31 heavy (non-hydrogen) atoms. The van der Waals surface area contributed by atoms with Crippen LogP contribution in [-0.2, 0) is 9.53 Å². The SMILES string of the molecule is C=C(/N=C\C=C(/N)c1ccc(NC(C)=O)cc1)NC1CCN(C(=O)OC(C)(C)C)CC1. The number of nitrogens with zero attached hydrogens (tertiary/aromatic N) is 2. The Balaban J connectivity index is 1.79. The number of allylic oxidation sites excluding steroid dienone is 1. The number of rotatable bonds is 6. The van der Waals surface area contributed by atoms with Crippen LogP contribution in [0.15, 0.2) is 47.7 Å². The number of anilines is 1. The van der Waals surface area contributed by atoms with E-state index < -0.39 is 5.60 Å². The van der Waals surface area contributed by atoms with Crippen molar-refractivity contribution in [3.8, 4) is 0 Å². The second-order valence-corrected chi connectivity index (χ2v) is 8.49. The Labute approximate surface area is 184 Å². The second-order valence-electron chi connectivity index (χ2n) is 8.49. The number of amides is 2. The highest BCUT2D eigenvalue weighted by Gasteiger charge is 2.26. The molecule has 0 atom stereocenters. The third-order valence-electron chi connectivity index (χ3n) is 4.54. The molecule has 0 radical (unpaired) electrons. The molecule has 1 aromatic carbocycles. The zero-order valence-electron chi connectivity index (χ0n) is 18.8. The maximum atomic E-state index is 12.1. The first-order chi connectivity index (χ1) is 14.5. The van der Waals surface area contributed by atoms with Gasteiger partial charge < -0.3 is 26.0 Å². The van der Waals surface area contributed by atoms with Crippen LogP contribution < -0.4 is 16.4 Å². The van der Waals surface area contributed by atoms with Crippen molar-refractivity contribution in [1.29, 1.82) is 0 Å². The van der Waals surface area contributed by atoms with Crippen molar-refractivity contribution in [2.75, 3.05) is 18.4 Å². The molecule has 1 heterocycles. The fraction of sp³-hybridized carbons (Fsp3) is 0.435. The van der Waals surface area contributed by atoms with Gasteiger partial charge in [0.25, 0.3) is 0 Å². The van der Waals surface area contributed by atoms with Crippen molar-refractivity contribution in [3.05, 3.63) is 48.3 Å². The average Bonchev–Trinajstić information content (AvgIpc) is 2.67. The second kappa shape index (κ2) is 10.7. The molecule has 8 heteroatoms. The lowest BCUT2D eigenvalue weighted by molar-refractivity contribution is -0.114. The Hall–Kier alpha value is -3.29. The summed E-state index contributed by atoms with van der Waals surface area (Å²) < 4.78 is 5.42. The number of likely N-dealkylation sites (tertiary alicyclic amines) is 1. The van der Waals surface area contributed by atoms with E-state index in [4.69, 9.17) is 10.5 Å². The van der Waals surface area contributed by atoms with Gasteiger partial charge in [-0.1, -0.05) is 18.7 Å². The highest BCUT2D eigenvalue weighted by Crippen LogP contribution is 2.16. The first kappa shape index (κ1) is 24.0. The number of nitrogens with one attached hydrogen (secondary N) is 2. The Morgan fingerprint density at radius 1 is 1.23 bits per heavy atom. The Kier molecular flexibility index (Phi) is 8.24. The van der Waals surface area contributed by atoms with Crippen LogP contribution in [0, 0.1) is 0 Å². The van der Waals surface area contributed by atoms with Gasteiger partial charge >= 0.3 is 6.09 Å². The van der Waals surface area contributed by atoms with Gasteiger partial charge in [0.15, 0.2) is 0 Å². The molecule has 1 aromatic rings. The molecule has 0 spiro atoms. The minimum absolute atomic E-state index is 0.120. The summed E-state index contributed by atoms with van der Waals surface area (Å²) in [6.07, 6.45) is 4.63. The number of carbonyl (C=O) groups excluding carboxylic acids is 2. The molecule has 2 rings (SSSR count). The predicted molar refractivity (Wildman–Crippen MR) is 125 cm³/mol. The van der Waals surface area contributed by atoms with E-state index in [0.29, 0.717) is 30.3 Å². The molecule has 0 aliphatic carbocycles. The lowest BCUT2D eigenvalue weighted by atomic mass is 10.1. The zero-order valence-corrected chi connectivity index (χ0v) is 18.8. The van der Waals surface area contributed by atoms with Crippen molar-refractivity contribution in [3.63, 3.8) is 0 Å². The number of piperidine rings is 1. The van der Waals surface area contributed by atoms with E-state index in [1.54, 1.807) is 29.3 Å². The third-order valence-corrected chi connectivity index (χ3v) is 4.54. The molecule has 4 N–H and O–H groups in total. The smallest absolute Gasteiger partial charge is 0.410 e. The molecular formula is C23H33N5O3. The van der Waals surface area contributed by atoms with Crippen LogP contribution in [-0.4, -0.2) is 47.8 Å². The maximum absolute atomic E-state index is 12.1. The Morgan fingerprint density at radius 3 is 2.39 bits per heavy atom. The fourth-order valence-corrected chi connectivity index (χ4v) is 3.06. The summed E-state index contributed by atoms with van der Waals surface area (Å²) in [5.74, 6) is 0.422. The standard InChI is InChI=1S/C23H33N5O3/c1-16(26-20-11-14-28(15-12-20)22(30)31-23(3,4)5)25-13-10-21(24)18-6-8-19(9-7-18)27-17(2)29/h6-10,13,20,26H,1,11-12,14-15,24H2,2-5H3,(H,27,29)/b21-10-,25-13-. The predicted octanol–water partition coefficient (Wildman–Crippen LogP) is 3.48. The van der Waals surface area contributed by atoms with Gasteiger partial charge in [-0.3, -0.25) is 4.79 Å². The van der Waals surface area contributed by atoms with E-state index in [1.807, 2.05) is 32.9 Å². The van der Waals surface area contributed by atoms with E-state index in [-0.39, 0.29) is 18.0 Å². The van der Waals surface area contributed by atoms with Gasteiger partial charge in [-0.05, 0) is 57.4 Å². The monoisotopic (exact) mass is 427 g/mol. The highest BCUT2D eigenvalue weighted by atomic mass is 16.6. The normalized spacial score (nSPS) is 15.6. The number of ether oxygens (including phenoxy) is 1. The number of benzene rings is 1. The number of hydrogen-bond acceptors (Lipinski definition) is 6. The minimum Gasteiger partial charge on any atom is -0.444 e. The minimum atomic E-state index is -0.488. The van der Waals surface area contributed by atoms with Crippen molar-refractivity contribution in [2.24, 2.45) is 10.7 Å². The molecule has 0 bridgehead atoms. The van der Waals surface area contributed by atoms with E-state index in [0.717, 1.165) is 18.4 Å². The van der Waals surface area contributed by atoms with E-state index >= 15 is 0 Å². The lowest BCUT2D eigenvalue weighted by Crippen LogP contribution is -2.46. The molecule has 0 saturated carbocycles. The van der Waals surface area contributed by atoms with Gasteiger partial charge in [-0.15, -0.1) is 0 Å². The Bertz CT molecular complexity index is 845. The molecular weight excluding hydrogens is 394 g/mol. The van der Waals surface area contributed by atoms with Crippen molar-refractivity contribution >= 4 is 29.6 Å². The molecule has 168 valence electrons. The summed E-state index contributed by atoms with van der Waals surface area (Å²) >= 11 is 0. The first-order valence-corrected chi connectivity index (χ1v) is 10.3. The lowest BCUT2D eigenvalue weighted by Gasteiger charge is -2.34. The number of carbonyl (C=O) groups is 2. The largest absolute Gasteiger partial charge is 0.444 e. The van der Waals surface area contributed by atoms with E-state index in [2.05, 4.69) is 22.2 Å². The first-order valence-electron chi connectivity index (χ1n) is 10.3. The van der Waals surface area contributed by atoms with Gasteiger partial charge in [0.2, 0.25) is 5.91 Å². The van der Waals surface area contributed by atoms with Crippen LogP contribution in [0.4, 0.5) is 10.5 Å². The highest BCUT2D eigenvalue weighted by molar-refractivity contribution is 5.89. The fourth-order valence-electron chi connectivity index (χ4n) is 3.06. The maximum Gasteiger partial charge on any atom is 0.410 e. The van der Waals surface area contributed by atoms with Crippen LogP contribution in [0.5, 0.6) is 0 Å². The topological polar surface area (TPSA) is 109 Å². The number of nitrogens with two attached hydrogens (primary N) is 1. The third kappa shape index (κ3) is 8.54. The van der Waals surface area contributed by atoms with Gasteiger partial charge in [0, 0.05) is 43.7 Å². The van der Waals surface area contributed by atoms with Crippen LogP contribution in [0.1, 0.15) is 46.1 Å². The molecule has 0 aromatic heterocycles. The Morgan fingerprint density at radius 2 is 1.84 bits per heavy atom. The quantitative estimate of drug-likeness (QED) is 0.602. The summed E-state index contributed by atoms with van der Waals surface area (Å²) in [5.41, 5.74) is 7.69. The van der Waals surface area contributed by atoms with Gasteiger partial charge in [0.1, 0.15) is 11.4 Å². The summed E-state index contributed by atoms with van der Waals surface area (Å²) in [6.45, 7) is 12.3. The van der Waals surface area contributed by atoms with Crippen LogP contribution in [0.3, 0.4) is 0 Å². The molecule has 1 fully saturated rings. The summed E-state index contributed by atoms with van der Waals surface area (Å²) in [7, 11) is 0. The summed E-state index contributed by atoms with van der Waals surface area (Å²) in [6, 6.07) is 7.44. The van der Waals surface area contributed by atoms with Gasteiger partial charge in [0.05, 0.1) is 0 Å². The van der Waals surface area contributed by atoms with Crippen molar-refractivity contribution in [1.82, 2.24) is 10.2 Å². The van der Waals surface area contributed by atoms with E-state index in [9.17, 15) is 9.59 Å². The van der Waals surface area contributed by atoms with Gasteiger partial charge in [-0.25, -0.2) is 9.79 Å². The molecule has 8 nitrogen and oxygen atoms in total. The molecule has 1 aliphatic rings. The molecule has 2 amide bonds. The van der Waals surface area contributed by atoms with Crippen LogP contribution in [0.2, 0.25) is 0 Å². The van der Waals surface area contributed by atoms with Crippen LogP contribution >= 0.6 is 0 Å². The van der Waals surface area contributed by atoms with Crippen LogP contribution in [0.25, 0.3) is 5.70 Å². The average molecular weight is 428 g/mol. The van der Waals surface area contributed by atoms with Crippen molar-refractivity contribution in [2.45, 2.75) is 52.2 Å². The number of aliphatic imine (C=N–C) groups is 1. The number of hydrogen-bond donors (Lipinski definition) is 3. The zero-order chi connectivity index (χ0) is 23.0. The molecule has 1 saturated heterocycles. The summed E-state index contributed by atoms with van der Waals surface area (Å²) in [5, 5.41) is 6.00. The van der Waals surface area contributed by atoms with Gasteiger partial charge in [-0.2, -0.15) is 0 Å².